The van der Waals surface area contributed by atoms with Crippen LogP contribution in [0.1, 0.15) is 0 Å². The molecule has 7 nitrogen and oxygen atoms in total. The van der Waals surface area contributed by atoms with Gasteiger partial charge in [0.25, 0.3) is 10.0 Å². The van der Waals surface area contributed by atoms with E-state index in [1.54, 1.807) is 0 Å². The van der Waals surface area contributed by atoms with Crippen molar-refractivity contribution in [2.45, 2.75) is 9.79 Å². The van der Waals surface area contributed by atoms with Crippen LogP contribution in [0.5, 0.6) is 0 Å². The Bertz CT molecular complexity index is 1020. The number of rotatable bonds is 6. The first-order chi connectivity index (χ1) is 11.9. The topological polar surface area (TPSA) is 95.6 Å². The lowest BCUT2D eigenvalue weighted by molar-refractivity contribution is 0.520. The highest BCUT2D eigenvalue weighted by Gasteiger charge is 2.21. The van der Waals surface area contributed by atoms with Crippen molar-refractivity contribution in [2.75, 3.05) is 19.5 Å². The molecule has 0 saturated heterocycles. The van der Waals surface area contributed by atoms with E-state index in [-0.39, 0.29) is 30.5 Å². The van der Waals surface area contributed by atoms with Gasteiger partial charge in [0.1, 0.15) is 0 Å². The number of halogens is 3. The van der Waals surface area contributed by atoms with Crippen molar-refractivity contribution in [3.05, 3.63) is 51.5 Å². The third kappa shape index (κ3) is 4.61. The van der Waals surface area contributed by atoms with Gasteiger partial charge in [0, 0.05) is 19.1 Å². The molecule has 142 valence electrons. The molecule has 26 heavy (non-hydrogen) atoms. The molecule has 0 unspecified atom stereocenters. The van der Waals surface area contributed by atoms with Gasteiger partial charge in [0.05, 0.1) is 25.5 Å². The Labute approximate surface area is 166 Å². The van der Waals surface area contributed by atoms with Crippen LogP contribution in [-0.2, 0) is 20.0 Å². The summed E-state index contributed by atoms with van der Waals surface area (Å²) in [5, 5.41) is 0.498. The van der Waals surface area contributed by atoms with E-state index in [4.69, 9.17) is 34.8 Å². The molecule has 0 saturated carbocycles. The highest BCUT2D eigenvalue weighted by Crippen LogP contribution is 2.33. The molecule has 0 aliphatic heterocycles. The van der Waals surface area contributed by atoms with E-state index in [0.717, 1.165) is 10.4 Å². The summed E-state index contributed by atoms with van der Waals surface area (Å²) in [4.78, 5) is 1.69. The fourth-order valence-electron chi connectivity index (χ4n) is 1.85. The Balaban J connectivity index is 2.32. The molecule has 0 aliphatic carbocycles. The Hall–Kier alpha value is -1.07. The lowest BCUT2D eigenvalue weighted by atomic mass is 10.3. The Morgan fingerprint density at radius 1 is 0.885 bits per heavy atom. The SMILES string of the molecule is CN(C)S(=O)(=O)c1cccc(S(=O)(=O)NNc2c(Cl)cc(Cl)cc2Cl)c1. The lowest BCUT2D eigenvalue weighted by Crippen LogP contribution is -2.30. The summed E-state index contributed by atoms with van der Waals surface area (Å²) >= 11 is 17.8. The maximum Gasteiger partial charge on any atom is 0.257 e. The molecule has 0 heterocycles. The normalized spacial score (nSPS) is 12.4. The Morgan fingerprint density at radius 3 is 1.96 bits per heavy atom. The van der Waals surface area contributed by atoms with Crippen LogP contribution in [0.4, 0.5) is 5.69 Å². The predicted octanol–water partition coefficient (Wildman–Crippen LogP) is 3.20. The molecule has 2 aromatic rings. The summed E-state index contributed by atoms with van der Waals surface area (Å²) in [7, 11) is -5.19. The molecule has 12 heteroatoms. The summed E-state index contributed by atoms with van der Waals surface area (Å²) in [6.45, 7) is 0. The summed E-state index contributed by atoms with van der Waals surface area (Å²) in [6, 6.07) is 7.70. The van der Waals surface area contributed by atoms with Crippen LogP contribution in [0, 0.1) is 0 Å². The number of hydrazine groups is 1. The summed E-state index contributed by atoms with van der Waals surface area (Å²) in [5.41, 5.74) is 2.52. The first kappa shape index (κ1) is 21.2. The van der Waals surface area contributed by atoms with Gasteiger partial charge in [0.2, 0.25) is 10.0 Å². The molecular weight excluding hydrogens is 445 g/mol. The van der Waals surface area contributed by atoms with Crippen LogP contribution in [0.15, 0.2) is 46.2 Å². The zero-order valence-corrected chi connectivity index (χ0v) is 17.4. The van der Waals surface area contributed by atoms with Crippen LogP contribution >= 0.6 is 34.8 Å². The van der Waals surface area contributed by atoms with Crippen molar-refractivity contribution in [1.82, 2.24) is 9.14 Å². The third-order valence-corrected chi connectivity index (χ3v) is 7.08. The lowest BCUT2D eigenvalue weighted by Gasteiger charge is -2.14. The molecule has 0 amide bonds. The monoisotopic (exact) mass is 457 g/mol. The number of benzene rings is 2. The van der Waals surface area contributed by atoms with Crippen LogP contribution in [0.25, 0.3) is 0 Å². The van der Waals surface area contributed by atoms with Crippen molar-refractivity contribution >= 4 is 60.5 Å². The van der Waals surface area contributed by atoms with E-state index in [1.165, 1.54) is 44.4 Å². The maximum atomic E-state index is 12.4. The van der Waals surface area contributed by atoms with E-state index in [9.17, 15) is 16.8 Å². The second-order valence-electron chi connectivity index (χ2n) is 5.24. The van der Waals surface area contributed by atoms with Crippen LogP contribution in [0.2, 0.25) is 15.1 Å². The Kier molecular flexibility index (Phi) is 6.44. The van der Waals surface area contributed by atoms with E-state index in [1.807, 2.05) is 0 Å². The highest BCUT2D eigenvalue weighted by molar-refractivity contribution is 7.90. The van der Waals surface area contributed by atoms with Crippen molar-refractivity contribution in [2.24, 2.45) is 0 Å². The second-order valence-corrected chi connectivity index (χ2v) is 10.3. The van der Waals surface area contributed by atoms with Gasteiger partial charge < -0.3 is 5.43 Å². The summed E-state index contributed by atoms with van der Waals surface area (Å²) < 4.78 is 50.2. The van der Waals surface area contributed by atoms with Gasteiger partial charge in [-0.05, 0) is 30.3 Å². The molecule has 0 spiro atoms. The van der Waals surface area contributed by atoms with E-state index >= 15 is 0 Å². The predicted molar refractivity (Wildman–Crippen MR) is 103 cm³/mol. The van der Waals surface area contributed by atoms with Gasteiger partial charge in [-0.15, -0.1) is 4.83 Å². The van der Waals surface area contributed by atoms with Gasteiger partial charge in [-0.2, -0.15) is 0 Å². The minimum atomic E-state index is -4.10. The van der Waals surface area contributed by atoms with Crippen molar-refractivity contribution in [3.8, 4) is 0 Å². The highest BCUT2D eigenvalue weighted by atomic mass is 35.5. The molecule has 0 aliphatic rings. The van der Waals surface area contributed by atoms with Crippen LogP contribution in [-0.4, -0.2) is 35.2 Å². The van der Waals surface area contributed by atoms with Gasteiger partial charge in [0.15, 0.2) is 0 Å². The molecule has 0 atom stereocenters. The molecular formula is C14H14Cl3N3O4S2. The van der Waals surface area contributed by atoms with Gasteiger partial charge in [-0.1, -0.05) is 40.9 Å². The molecule has 0 bridgehead atoms. The van der Waals surface area contributed by atoms with E-state index < -0.39 is 20.0 Å². The first-order valence-corrected chi connectivity index (χ1v) is 11.0. The van der Waals surface area contributed by atoms with Crippen molar-refractivity contribution in [1.29, 1.82) is 0 Å². The van der Waals surface area contributed by atoms with Gasteiger partial charge in [-0.25, -0.2) is 21.1 Å². The molecule has 0 radical (unpaired) electrons. The standard InChI is InChI=1S/C14H14Cl3N3O4S2/c1-20(2)26(23,24)11-5-3-4-10(8-11)25(21,22)19-18-14-12(16)6-9(15)7-13(14)17/h3-8,18-19H,1-2H3. The van der Waals surface area contributed by atoms with Crippen LogP contribution < -0.4 is 10.3 Å². The fourth-order valence-corrected chi connectivity index (χ4v) is 4.68. The van der Waals surface area contributed by atoms with Crippen LogP contribution in [0.3, 0.4) is 0 Å². The number of anilines is 1. The zero-order chi connectivity index (χ0) is 19.7. The Morgan fingerprint density at radius 2 is 1.42 bits per heavy atom. The van der Waals surface area contributed by atoms with E-state index in [2.05, 4.69) is 10.3 Å². The summed E-state index contributed by atoms with van der Waals surface area (Å²) in [6.07, 6.45) is 0. The largest absolute Gasteiger partial charge is 0.305 e. The molecule has 0 fully saturated rings. The third-order valence-electron chi connectivity index (χ3n) is 3.21. The quantitative estimate of drug-likeness (QED) is 0.648. The minimum absolute atomic E-state index is 0.106. The second kappa shape index (κ2) is 7.89. The molecule has 2 rings (SSSR count). The molecule has 2 N–H and O–H groups in total. The number of sulfonamides is 2. The minimum Gasteiger partial charge on any atom is -0.305 e. The number of nitrogens with zero attached hydrogens (tertiary/aromatic N) is 1. The first-order valence-electron chi connectivity index (χ1n) is 6.90. The molecule has 2 aromatic carbocycles. The van der Waals surface area contributed by atoms with Gasteiger partial charge in [-0.3, -0.25) is 0 Å². The number of hydrogen-bond donors (Lipinski definition) is 2. The number of hydrogen-bond acceptors (Lipinski definition) is 5. The smallest absolute Gasteiger partial charge is 0.257 e. The fraction of sp³-hybridized carbons (Fsp3) is 0.143. The van der Waals surface area contributed by atoms with Gasteiger partial charge >= 0.3 is 0 Å². The van der Waals surface area contributed by atoms with Crippen molar-refractivity contribution < 1.29 is 16.8 Å². The summed E-state index contributed by atoms with van der Waals surface area (Å²) in [5.74, 6) is 0. The maximum absolute atomic E-state index is 12.4. The average Bonchev–Trinajstić information content (AvgIpc) is 2.53. The molecule has 0 aromatic heterocycles. The van der Waals surface area contributed by atoms with Crippen molar-refractivity contribution in [3.63, 3.8) is 0 Å². The average molecular weight is 459 g/mol. The zero-order valence-electron chi connectivity index (χ0n) is 13.5. The number of nitrogens with one attached hydrogen (secondary N) is 2. The van der Waals surface area contributed by atoms with E-state index in [0.29, 0.717) is 0 Å².